The summed E-state index contributed by atoms with van der Waals surface area (Å²) in [5, 5.41) is 50.2. The van der Waals surface area contributed by atoms with Gasteiger partial charge >= 0.3 is 5.97 Å². The summed E-state index contributed by atoms with van der Waals surface area (Å²) in [5.74, 6) is -4.36. The van der Waals surface area contributed by atoms with E-state index in [9.17, 15) is 35.1 Å². The summed E-state index contributed by atoms with van der Waals surface area (Å²) in [4.78, 5) is 25.0. The molecule has 0 bridgehead atoms. The van der Waals surface area contributed by atoms with E-state index in [0.29, 0.717) is 16.7 Å². The average molecular weight is 440 g/mol. The fourth-order valence-electron chi connectivity index (χ4n) is 5.33. The van der Waals surface area contributed by atoms with Crippen LogP contribution in [0, 0.1) is 17.8 Å². The third kappa shape index (κ3) is 3.37. The number of hydrogen-bond acceptors (Lipinski definition) is 10. The van der Waals surface area contributed by atoms with Crippen LogP contribution in [0.2, 0.25) is 0 Å². The Morgan fingerprint density at radius 2 is 1.94 bits per heavy atom. The molecule has 2 saturated heterocycles. The summed E-state index contributed by atoms with van der Waals surface area (Å²) >= 11 is 0. The molecule has 10 nitrogen and oxygen atoms in total. The number of aliphatic hydroxyl groups excluding tert-OH is 5. The first-order valence-electron chi connectivity index (χ1n) is 10.4. The first-order chi connectivity index (χ1) is 14.6. The number of carbonyl (C=O) groups is 2. The molecule has 0 radical (unpaired) electrons. The van der Waals surface area contributed by atoms with E-state index in [1.807, 2.05) is 0 Å². The van der Waals surface area contributed by atoms with Gasteiger partial charge in [0, 0.05) is 17.4 Å². The zero-order valence-corrected chi connectivity index (χ0v) is 17.3. The van der Waals surface area contributed by atoms with E-state index < -0.39 is 73.2 Å². The summed E-state index contributed by atoms with van der Waals surface area (Å²) in [6, 6.07) is 0. The van der Waals surface area contributed by atoms with Gasteiger partial charge in [-0.1, -0.05) is 12.5 Å². The fraction of sp³-hybridized carbons (Fsp3) is 0.714. The highest BCUT2D eigenvalue weighted by Crippen LogP contribution is 2.48. The summed E-state index contributed by atoms with van der Waals surface area (Å²) in [6.45, 7) is 1.80. The average Bonchev–Trinajstić information content (AvgIpc) is 3.28. The lowest BCUT2D eigenvalue weighted by molar-refractivity contribution is -0.272. The predicted molar refractivity (Wildman–Crippen MR) is 102 cm³/mol. The molecule has 0 spiro atoms. The fourth-order valence-corrected chi connectivity index (χ4v) is 5.33. The van der Waals surface area contributed by atoms with Crippen molar-refractivity contribution in [1.29, 1.82) is 0 Å². The number of allylic oxidation sites excluding steroid dienone is 1. The molecule has 10 heteroatoms. The first kappa shape index (κ1) is 22.5. The standard InChI is InChI=1S/C21H28O10/c1-8-3-11(24)15-9(2)20(28)30-18(15)16-10(4-12(25)14(8)16)6-29-21(7-23)19(27)17(26)13(5-22)31-21/h4,9,11,13,15-19,22-24,26-27H,3,5-7H2,1-2H3/t9-,11-,13+,15+,16-,17+,18-,19+,21+/m0/s1. The van der Waals surface area contributed by atoms with Gasteiger partial charge in [-0.15, -0.1) is 0 Å². The Hall–Kier alpha value is -1.66. The minimum absolute atomic E-state index is 0.245. The molecule has 4 rings (SSSR count). The molecule has 0 aromatic carbocycles. The van der Waals surface area contributed by atoms with Gasteiger partial charge in [-0.05, 0) is 25.0 Å². The Balaban J connectivity index is 1.62. The lowest BCUT2D eigenvalue weighted by Gasteiger charge is -2.32. The minimum Gasteiger partial charge on any atom is -0.461 e. The predicted octanol–water partition coefficient (Wildman–Crippen LogP) is -1.81. The molecule has 2 heterocycles. The van der Waals surface area contributed by atoms with Crippen molar-refractivity contribution in [2.75, 3.05) is 19.8 Å². The van der Waals surface area contributed by atoms with Crippen molar-refractivity contribution in [3.05, 3.63) is 22.8 Å². The van der Waals surface area contributed by atoms with E-state index >= 15 is 0 Å². The highest BCUT2D eigenvalue weighted by molar-refractivity contribution is 6.09. The number of hydrogen-bond donors (Lipinski definition) is 5. The largest absolute Gasteiger partial charge is 0.461 e. The highest BCUT2D eigenvalue weighted by Gasteiger charge is 2.57. The van der Waals surface area contributed by atoms with Gasteiger partial charge in [0.1, 0.15) is 31.0 Å². The zero-order chi connectivity index (χ0) is 22.7. The molecule has 2 fully saturated rings. The van der Waals surface area contributed by atoms with Crippen LogP contribution in [-0.2, 0) is 23.8 Å². The van der Waals surface area contributed by atoms with E-state index in [1.165, 1.54) is 6.08 Å². The van der Waals surface area contributed by atoms with E-state index in [-0.39, 0.29) is 18.8 Å². The van der Waals surface area contributed by atoms with Gasteiger partial charge in [0.05, 0.1) is 25.2 Å². The van der Waals surface area contributed by atoms with Crippen LogP contribution in [0.25, 0.3) is 0 Å². The maximum absolute atomic E-state index is 12.8. The molecule has 4 aliphatic rings. The van der Waals surface area contributed by atoms with Crippen molar-refractivity contribution < 1.29 is 49.3 Å². The Morgan fingerprint density at radius 3 is 2.55 bits per heavy atom. The molecule has 172 valence electrons. The molecule has 0 unspecified atom stereocenters. The van der Waals surface area contributed by atoms with Crippen LogP contribution in [0.5, 0.6) is 0 Å². The van der Waals surface area contributed by atoms with E-state index in [4.69, 9.17) is 14.2 Å². The van der Waals surface area contributed by atoms with Crippen LogP contribution in [0.1, 0.15) is 20.3 Å². The second-order valence-electron chi connectivity index (χ2n) is 8.83. The summed E-state index contributed by atoms with van der Waals surface area (Å²) in [6.07, 6.45) is -4.21. The molecule has 0 saturated carbocycles. The maximum Gasteiger partial charge on any atom is 0.309 e. The van der Waals surface area contributed by atoms with Crippen LogP contribution < -0.4 is 0 Å². The second-order valence-corrected chi connectivity index (χ2v) is 8.83. The van der Waals surface area contributed by atoms with Gasteiger partial charge in [-0.2, -0.15) is 0 Å². The zero-order valence-electron chi connectivity index (χ0n) is 17.3. The normalized spacial score (nSPS) is 44.8. The lowest BCUT2D eigenvalue weighted by Crippen LogP contribution is -2.49. The van der Waals surface area contributed by atoms with Gasteiger partial charge < -0.3 is 39.7 Å². The third-order valence-corrected chi connectivity index (χ3v) is 7.01. The number of carbonyl (C=O) groups excluding carboxylic acids is 2. The number of ketones is 1. The Kier molecular flexibility index (Phi) is 5.84. The summed E-state index contributed by atoms with van der Waals surface area (Å²) in [5.41, 5.74) is 1.61. The van der Waals surface area contributed by atoms with Crippen molar-refractivity contribution in [3.8, 4) is 0 Å². The van der Waals surface area contributed by atoms with Gasteiger partial charge in [0.25, 0.3) is 0 Å². The molecule has 2 aliphatic heterocycles. The lowest BCUT2D eigenvalue weighted by atomic mass is 9.79. The molecule has 0 amide bonds. The molecule has 31 heavy (non-hydrogen) atoms. The van der Waals surface area contributed by atoms with Gasteiger partial charge in [-0.3, -0.25) is 9.59 Å². The number of aliphatic hydroxyl groups is 5. The summed E-state index contributed by atoms with van der Waals surface area (Å²) < 4.78 is 16.7. The summed E-state index contributed by atoms with van der Waals surface area (Å²) in [7, 11) is 0. The van der Waals surface area contributed by atoms with Gasteiger partial charge in [0.15, 0.2) is 5.78 Å². The van der Waals surface area contributed by atoms with Gasteiger partial charge in [-0.25, -0.2) is 0 Å². The number of esters is 1. The SMILES string of the molecule is CC1=C2C(=O)C=C(CO[C@]3(CO)O[C@H](CO)[C@@H](O)[C@H]3O)[C@@H]2[C@H]2OC(=O)[C@@H](C)[C@@H]2[C@@H](O)C1. The Bertz CT molecular complexity index is 834. The van der Waals surface area contributed by atoms with Crippen molar-refractivity contribution in [2.45, 2.75) is 56.6 Å². The van der Waals surface area contributed by atoms with Crippen molar-refractivity contribution in [1.82, 2.24) is 0 Å². The van der Waals surface area contributed by atoms with Crippen LogP contribution >= 0.6 is 0 Å². The van der Waals surface area contributed by atoms with Crippen molar-refractivity contribution in [2.24, 2.45) is 17.8 Å². The smallest absolute Gasteiger partial charge is 0.309 e. The Morgan fingerprint density at radius 1 is 1.23 bits per heavy atom. The minimum atomic E-state index is -1.98. The topological polar surface area (TPSA) is 163 Å². The van der Waals surface area contributed by atoms with Crippen LogP contribution in [0.4, 0.5) is 0 Å². The maximum atomic E-state index is 12.8. The number of ether oxygens (including phenoxy) is 3. The van der Waals surface area contributed by atoms with Crippen molar-refractivity contribution >= 4 is 11.8 Å². The molecule has 0 aromatic rings. The van der Waals surface area contributed by atoms with Gasteiger partial charge in [0.2, 0.25) is 5.79 Å². The van der Waals surface area contributed by atoms with Crippen LogP contribution in [-0.4, -0.2) is 93.4 Å². The van der Waals surface area contributed by atoms with Crippen molar-refractivity contribution in [3.63, 3.8) is 0 Å². The molecule has 2 aliphatic carbocycles. The van der Waals surface area contributed by atoms with Crippen LogP contribution in [0.3, 0.4) is 0 Å². The van der Waals surface area contributed by atoms with Crippen LogP contribution in [0.15, 0.2) is 22.8 Å². The van der Waals surface area contributed by atoms with E-state index in [1.54, 1.807) is 13.8 Å². The monoisotopic (exact) mass is 440 g/mol. The quantitative estimate of drug-likeness (QED) is 0.308. The Labute approximate surface area is 178 Å². The molecular weight excluding hydrogens is 412 g/mol. The third-order valence-electron chi connectivity index (χ3n) is 7.01. The molecular formula is C21H28O10. The second kappa shape index (κ2) is 8.04. The molecule has 9 atom stereocenters. The van der Waals surface area contributed by atoms with E-state index in [2.05, 4.69) is 0 Å². The number of fused-ring (bicyclic) bond motifs is 3. The highest BCUT2D eigenvalue weighted by atomic mass is 16.7. The number of rotatable bonds is 5. The molecule has 0 aromatic heterocycles. The molecule has 5 N–H and O–H groups in total. The van der Waals surface area contributed by atoms with E-state index in [0.717, 1.165) is 0 Å². The first-order valence-corrected chi connectivity index (χ1v) is 10.4.